The number of likely N-dealkylation sites (N-methyl/N-ethyl adjacent to an activating group) is 2. The summed E-state index contributed by atoms with van der Waals surface area (Å²) in [7, 11) is 6.04. The van der Waals surface area contributed by atoms with Crippen molar-refractivity contribution in [2.45, 2.75) is 19.4 Å². The largest absolute Gasteiger partial charge is 0.493 e. The highest BCUT2D eigenvalue weighted by molar-refractivity contribution is 5.82. The molecule has 45 heavy (non-hydrogen) atoms. The predicted molar refractivity (Wildman–Crippen MR) is 180 cm³/mol. The Hall–Kier alpha value is -3.77. The number of fused-ring (bicyclic) bond motifs is 1. The van der Waals surface area contributed by atoms with Crippen LogP contribution < -0.4 is 15.2 Å². The van der Waals surface area contributed by atoms with Crippen LogP contribution in [0.15, 0.2) is 48.7 Å². The fraction of sp³-hybridized carbons (Fsp3) is 0.500. The van der Waals surface area contributed by atoms with E-state index in [4.69, 9.17) is 25.2 Å². The molecule has 0 spiro atoms. The second-order valence-electron chi connectivity index (χ2n) is 12.3. The van der Waals surface area contributed by atoms with E-state index in [2.05, 4.69) is 55.4 Å². The van der Waals surface area contributed by atoms with E-state index in [0.717, 1.165) is 113 Å². The van der Waals surface area contributed by atoms with Crippen molar-refractivity contribution in [1.82, 2.24) is 39.1 Å². The minimum atomic E-state index is 0.363. The van der Waals surface area contributed by atoms with Crippen molar-refractivity contribution in [3.05, 3.63) is 48.7 Å². The second kappa shape index (κ2) is 14.6. The van der Waals surface area contributed by atoms with Crippen molar-refractivity contribution in [3.63, 3.8) is 0 Å². The van der Waals surface area contributed by atoms with Gasteiger partial charge in [0.15, 0.2) is 23.1 Å². The van der Waals surface area contributed by atoms with Crippen molar-refractivity contribution >= 4 is 16.9 Å². The molecule has 0 unspecified atom stereocenters. The molecule has 2 fully saturated rings. The molecule has 4 aromatic rings. The Morgan fingerprint density at radius 3 is 2.18 bits per heavy atom. The maximum Gasteiger partial charge on any atom is 0.163 e. The van der Waals surface area contributed by atoms with Crippen LogP contribution in [0.1, 0.15) is 12.8 Å². The van der Waals surface area contributed by atoms with Crippen LogP contribution in [0.2, 0.25) is 0 Å². The van der Waals surface area contributed by atoms with Crippen LogP contribution in [0.25, 0.3) is 33.8 Å². The Kier molecular flexibility index (Phi) is 10.1. The van der Waals surface area contributed by atoms with Crippen LogP contribution in [0.4, 0.5) is 5.82 Å². The van der Waals surface area contributed by atoms with E-state index in [1.54, 1.807) is 13.3 Å². The molecule has 0 bridgehead atoms. The lowest BCUT2D eigenvalue weighted by Gasteiger charge is -2.32. The number of rotatable bonds is 12. The van der Waals surface area contributed by atoms with Gasteiger partial charge in [0.05, 0.1) is 36.6 Å². The van der Waals surface area contributed by atoms with Gasteiger partial charge in [0.25, 0.3) is 0 Å². The van der Waals surface area contributed by atoms with Gasteiger partial charge in [-0.05, 0) is 63.8 Å². The van der Waals surface area contributed by atoms with Crippen molar-refractivity contribution in [3.8, 4) is 34.3 Å². The Morgan fingerprint density at radius 1 is 0.778 bits per heavy atom. The summed E-state index contributed by atoms with van der Waals surface area (Å²) in [6.07, 6.45) is 3.69. The fourth-order valence-electron chi connectivity index (χ4n) is 6.20. The quantitative estimate of drug-likeness (QED) is 0.239. The number of anilines is 1. The standard InChI is InChI=1S/C34H47N9O2/c1-39-15-19-41(20-16-39)12-6-14-43-29-9-5-4-8-27(29)38-34(43)32-33(35)36-25-28(37-32)26-10-11-30(31(24-26)44-3)45-23-7-13-42-21-17-40(2)18-22-42/h4-5,8-11,24-25H,6-7,12-23H2,1-3H3,(H2,35,36). The highest BCUT2D eigenvalue weighted by Crippen LogP contribution is 2.34. The predicted octanol–water partition coefficient (Wildman–Crippen LogP) is 3.40. The molecule has 0 atom stereocenters. The molecular formula is C34H47N9O2. The SMILES string of the molecule is COc1cc(-c2cnc(N)c(-c3nc4ccccc4n3CCCN3CCN(C)CC3)n2)ccc1OCCCN1CCN(C)CC1. The molecule has 0 amide bonds. The van der Waals surface area contributed by atoms with E-state index in [-0.39, 0.29) is 0 Å². The van der Waals surface area contributed by atoms with E-state index in [1.165, 1.54) is 0 Å². The summed E-state index contributed by atoms with van der Waals surface area (Å²) in [6, 6.07) is 14.1. The number of para-hydroxylation sites is 2. The lowest BCUT2D eigenvalue weighted by molar-refractivity contribution is 0.145. The molecule has 4 heterocycles. The zero-order valence-corrected chi connectivity index (χ0v) is 27.0. The van der Waals surface area contributed by atoms with Gasteiger partial charge in [-0.1, -0.05) is 12.1 Å². The Balaban J connectivity index is 1.17. The summed E-state index contributed by atoms with van der Waals surface area (Å²) in [5.74, 6) is 2.50. The number of piperazine rings is 2. The zero-order chi connectivity index (χ0) is 31.2. The third-order valence-corrected chi connectivity index (χ3v) is 9.05. The number of aromatic nitrogens is 4. The number of nitrogens with two attached hydrogens (primary N) is 1. The van der Waals surface area contributed by atoms with Gasteiger partial charge in [0, 0.05) is 71.0 Å². The highest BCUT2D eigenvalue weighted by atomic mass is 16.5. The summed E-state index contributed by atoms with van der Waals surface area (Å²) in [4.78, 5) is 24.4. The molecule has 240 valence electrons. The summed E-state index contributed by atoms with van der Waals surface area (Å²) in [6.45, 7) is 12.5. The average molecular weight is 614 g/mol. The van der Waals surface area contributed by atoms with Crippen molar-refractivity contribution in [2.24, 2.45) is 0 Å². The van der Waals surface area contributed by atoms with E-state index < -0.39 is 0 Å². The lowest BCUT2D eigenvalue weighted by atomic mass is 10.1. The van der Waals surface area contributed by atoms with Gasteiger partial charge < -0.3 is 39.4 Å². The van der Waals surface area contributed by atoms with Crippen molar-refractivity contribution < 1.29 is 9.47 Å². The molecule has 2 saturated heterocycles. The van der Waals surface area contributed by atoms with Crippen LogP contribution >= 0.6 is 0 Å². The second-order valence-corrected chi connectivity index (χ2v) is 12.3. The molecule has 2 aromatic heterocycles. The Labute approximate surface area is 266 Å². The molecule has 0 radical (unpaired) electrons. The van der Waals surface area contributed by atoms with Crippen LogP contribution in [0.5, 0.6) is 11.5 Å². The first-order valence-corrected chi connectivity index (χ1v) is 16.2. The number of hydrogen-bond acceptors (Lipinski definition) is 10. The Bertz CT molecular complexity index is 1560. The molecule has 6 rings (SSSR count). The highest BCUT2D eigenvalue weighted by Gasteiger charge is 2.20. The zero-order valence-electron chi connectivity index (χ0n) is 27.0. The third kappa shape index (κ3) is 7.55. The van der Waals surface area contributed by atoms with Gasteiger partial charge in [-0.15, -0.1) is 0 Å². The van der Waals surface area contributed by atoms with Crippen molar-refractivity contribution in [1.29, 1.82) is 0 Å². The van der Waals surface area contributed by atoms with Gasteiger partial charge >= 0.3 is 0 Å². The summed E-state index contributed by atoms with van der Waals surface area (Å²) >= 11 is 0. The number of hydrogen-bond donors (Lipinski definition) is 1. The van der Waals surface area contributed by atoms with Gasteiger partial charge in [-0.3, -0.25) is 0 Å². The minimum absolute atomic E-state index is 0.363. The molecule has 2 aromatic carbocycles. The molecule has 2 aliphatic rings. The summed E-state index contributed by atoms with van der Waals surface area (Å²) in [5, 5.41) is 0. The molecule has 2 N–H and O–H groups in total. The number of imidazole rings is 1. The van der Waals surface area contributed by atoms with E-state index in [1.807, 2.05) is 30.3 Å². The number of nitrogens with zero attached hydrogens (tertiary/aromatic N) is 8. The van der Waals surface area contributed by atoms with Crippen molar-refractivity contribution in [2.75, 3.05) is 99.0 Å². The maximum atomic E-state index is 6.47. The molecule has 2 aliphatic heterocycles. The monoisotopic (exact) mass is 613 g/mol. The first kappa shape index (κ1) is 31.2. The number of nitrogen functional groups attached to an aromatic ring is 1. The first-order chi connectivity index (χ1) is 22.0. The normalized spacial score (nSPS) is 17.2. The molecular weight excluding hydrogens is 566 g/mol. The maximum absolute atomic E-state index is 6.47. The topological polar surface area (TPSA) is 101 Å². The van der Waals surface area contributed by atoms with Crippen LogP contribution in [0.3, 0.4) is 0 Å². The summed E-state index contributed by atoms with van der Waals surface area (Å²) < 4.78 is 14.1. The van der Waals surface area contributed by atoms with Gasteiger partial charge in [-0.2, -0.15) is 0 Å². The first-order valence-electron chi connectivity index (χ1n) is 16.2. The molecule has 11 heteroatoms. The van der Waals surface area contributed by atoms with Crippen LogP contribution in [-0.4, -0.2) is 132 Å². The van der Waals surface area contributed by atoms with E-state index in [9.17, 15) is 0 Å². The third-order valence-electron chi connectivity index (χ3n) is 9.05. The number of methoxy groups -OCH3 is 1. The number of ether oxygens (including phenoxy) is 2. The van der Waals surface area contributed by atoms with E-state index in [0.29, 0.717) is 29.6 Å². The number of aryl methyl sites for hydroxylation is 1. The molecule has 11 nitrogen and oxygen atoms in total. The minimum Gasteiger partial charge on any atom is -0.493 e. The Morgan fingerprint density at radius 2 is 1.47 bits per heavy atom. The summed E-state index contributed by atoms with van der Waals surface area (Å²) in [5.41, 5.74) is 10.6. The van der Waals surface area contributed by atoms with Crippen LogP contribution in [-0.2, 0) is 6.54 Å². The van der Waals surface area contributed by atoms with Gasteiger partial charge in [-0.25, -0.2) is 15.0 Å². The van der Waals surface area contributed by atoms with Crippen LogP contribution in [0, 0.1) is 0 Å². The molecule has 0 saturated carbocycles. The van der Waals surface area contributed by atoms with Gasteiger partial charge in [0.1, 0.15) is 5.69 Å². The van der Waals surface area contributed by atoms with Gasteiger partial charge in [0.2, 0.25) is 0 Å². The lowest BCUT2D eigenvalue weighted by Crippen LogP contribution is -2.44. The number of benzene rings is 2. The fourth-order valence-corrected chi connectivity index (χ4v) is 6.20. The van der Waals surface area contributed by atoms with E-state index >= 15 is 0 Å². The smallest absolute Gasteiger partial charge is 0.163 e. The average Bonchev–Trinajstić information content (AvgIpc) is 3.43. The molecule has 0 aliphatic carbocycles.